The van der Waals surface area contributed by atoms with E-state index in [1.807, 2.05) is 0 Å². The Morgan fingerprint density at radius 2 is 0.679 bits per heavy atom. The van der Waals surface area contributed by atoms with Gasteiger partial charge in [0.05, 0.1) is 22.1 Å². The van der Waals surface area contributed by atoms with Crippen LogP contribution in [0.25, 0.3) is 99.5 Å². The second kappa shape index (κ2) is 13.2. The molecule has 11 rings (SSSR count). The summed E-state index contributed by atoms with van der Waals surface area (Å²) in [5, 5.41) is 4.98. The largest absolute Gasteiger partial charge is 0.309 e. The van der Waals surface area contributed by atoms with Crippen molar-refractivity contribution in [3.63, 3.8) is 0 Å². The van der Waals surface area contributed by atoms with Gasteiger partial charge in [-0.25, -0.2) is 0 Å². The highest BCUT2D eigenvalue weighted by molar-refractivity contribution is 6.15. The summed E-state index contributed by atoms with van der Waals surface area (Å²) in [6.07, 6.45) is 0. The van der Waals surface area contributed by atoms with Crippen LogP contribution < -0.4 is 0 Å². The highest BCUT2D eigenvalue weighted by Crippen LogP contribution is 2.41. The van der Waals surface area contributed by atoms with Crippen molar-refractivity contribution in [2.45, 2.75) is 0 Å². The van der Waals surface area contributed by atoms with Gasteiger partial charge in [-0.15, -0.1) is 0 Å². The number of aromatic nitrogens is 2. The van der Waals surface area contributed by atoms with Gasteiger partial charge >= 0.3 is 0 Å². The predicted molar refractivity (Wildman–Crippen MR) is 237 cm³/mol. The first-order chi connectivity index (χ1) is 27.8. The first-order valence-corrected chi connectivity index (χ1v) is 19.3. The number of para-hydroxylation sites is 3. The van der Waals surface area contributed by atoms with E-state index >= 15 is 0 Å². The zero-order chi connectivity index (χ0) is 37.0. The van der Waals surface area contributed by atoms with Crippen LogP contribution >= 0.6 is 0 Å². The van der Waals surface area contributed by atoms with Gasteiger partial charge in [-0.1, -0.05) is 158 Å². The fraction of sp³-hybridized carbons (Fsp3) is 0. The van der Waals surface area contributed by atoms with E-state index in [4.69, 9.17) is 0 Å². The van der Waals surface area contributed by atoms with Crippen molar-refractivity contribution in [3.05, 3.63) is 218 Å². The molecule has 2 heterocycles. The summed E-state index contributed by atoms with van der Waals surface area (Å²) < 4.78 is 4.84. The highest BCUT2D eigenvalue weighted by atomic mass is 15.0. The van der Waals surface area contributed by atoms with Crippen LogP contribution in [0.5, 0.6) is 0 Å². The van der Waals surface area contributed by atoms with Crippen LogP contribution in [0.3, 0.4) is 0 Å². The molecule has 0 bridgehead atoms. The molecule has 0 saturated heterocycles. The molecule has 0 radical (unpaired) electrons. The van der Waals surface area contributed by atoms with Gasteiger partial charge in [0.2, 0.25) is 0 Å². The summed E-state index contributed by atoms with van der Waals surface area (Å²) >= 11 is 0. The second-order valence-corrected chi connectivity index (χ2v) is 14.5. The lowest BCUT2D eigenvalue weighted by Crippen LogP contribution is -1.95. The Morgan fingerprint density at radius 3 is 1.39 bits per heavy atom. The molecule has 262 valence electrons. The van der Waals surface area contributed by atoms with E-state index in [0.717, 1.165) is 11.4 Å². The van der Waals surface area contributed by atoms with Crippen LogP contribution in [0.2, 0.25) is 0 Å². The molecule has 11 aromatic rings. The molecule has 0 atom stereocenters. The van der Waals surface area contributed by atoms with E-state index in [0.29, 0.717) is 0 Å². The van der Waals surface area contributed by atoms with Gasteiger partial charge in [-0.3, -0.25) is 0 Å². The Morgan fingerprint density at radius 1 is 0.232 bits per heavy atom. The molecule has 0 saturated carbocycles. The molecule has 2 nitrogen and oxygen atoms in total. The average Bonchev–Trinajstić information content (AvgIpc) is 3.80. The summed E-state index contributed by atoms with van der Waals surface area (Å²) in [6.45, 7) is 0. The lowest BCUT2D eigenvalue weighted by atomic mass is 9.97. The van der Waals surface area contributed by atoms with E-state index in [9.17, 15) is 0 Å². The van der Waals surface area contributed by atoms with Gasteiger partial charge < -0.3 is 9.13 Å². The lowest BCUT2D eigenvalue weighted by Gasteiger charge is -2.13. The smallest absolute Gasteiger partial charge is 0.0619 e. The zero-order valence-corrected chi connectivity index (χ0v) is 30.7. The SMILES string of the molecule is c1ccc(-c2ccc(-n3c4ccccc4c4cc(-c5ccc6c(c5)c5cccc(-c7cccc(-c8ccccc8)c7)c5n6-c5ccccc5)ccc43)cc2)cc1. The Labute approximate surface area is 325 Å². The fourth-order valence-corrected chi connectivity index (χ4v) is 8.69. The van der Waals surface area contributed by atoms with Gasteiger partial charge in [0.15, 0.2) is 0 Å². The molecule has 56 heavy (non-hydrogen) atoms. The van der Waals surface area contributed by atoms with Crippen molar-refractivity contribution in [1.29, 1.82) is 0 Å². The number of fused-ring (bicyclic) bond motifs is 6. The number of nitrogens with zero attached hydrogens (tertiary/aromatic N) is 2. The van der Waals surface area contributed by atoms with E-state index in [1.54, 1.807) is 0 Å². The minimum absolute atomic E-state index is 1.15. The van der Waals surface area contributed by atoms with Crippen LogP contribution in [-0.4, -0.2) is 9.13 Å². The summed E-state index contributed by atoms with van der Waals surface area (Å²) in [4.78, 5) is 0. The van der Waals surface area contributed by atoms with Gasteiger partial charge in [-0.05, 0) is 99.6 Å². The van der Waals surface area contributed by atoms with Crippen LogP contribution in [0.1, 0.15) is 0 Å². The van der Waals surface area contributed by atoms with Crippen molar-refractivity contribution in [3.8, 4) is 55.9 Å². The number of hydrogen-bond donors (Lipinski definition) is 0. The predicted octanol–water partition coefficient (Wildman–Crippen LogP) is 14.5. The highest BCUT2D eigenvalue weighted by Gasteiger charge is 2.19. The molecule has 0 fully saturated rings. The van der Waals surface area contributed by atoms with Crippen molar-refractivity contribution in [2.75, 3.05) is 0 Å². The topological polar surface area (TPSA) is 9.86 Å². The second-order valence-electron chi connectivity index (χ2n) is 14.5. The van der Waals surface area contributed by atoms with Gasteiger partial charge in [-0.2, -0.15) is 0 Å². The molecule has 9 aromatic carbocycles. The third-order valence-corrected chi connectivity index (χ3v) is 11.3. The molecule has 0 aliphatic heterocycles. The average molecular weight is 713 g/mol. The van der Waals surface area contributed by atoms with Crippen LogP contribution in [0.4, 0.5) is 0 Å². The normalized spacial score (nSPS) is 11.6. The maximum absolute atomic E-state index is 2.44. The summed E-state index contributed by atoms with van der Waals surface area (Å²) in [5.41, 5.74) is 16.8. The van der Waals surface area contributed by atoms with Crippen LogP contribution in [-0.2, 0) is 0 Å². The summed E-state index contributed by atoms with van der Waals surface area (Å²) in [5.74, 6) is 0. The fourth-order valence-electron chi connectivity index (χ4n) is 8.69. The molecular weight excluding hydrogens is 677 g/mol. The molecule has 0 aliphatic carbocycles. The van der Waals surface area contributed by atoms with E-state index in [-0.39, 0.29) is 0 Å². The molecule has 0 N–H and O–H groups in total. The molecule has 2 heteroatoms. The van der Waals surface area contributed by atoms with Crippen LogP contribution in [0.15, 0.2) is 218 Å². The number of rotatable bonds is 6. The third kappa shape index (κ3) is 5.26. The summed E-state index contributed by atoms with van der Waals surface area (Å²) in [6, 6.07) is 79.4. The van der Waals surface area contributed by atoms with E-state index in [1.165, 1.54) is 88.1 Å². The minimum atomic E-state index is 1.15. The first kappa shape index (κ1) is 32.0. The third-order valence-electron chi connectivity index (χ3n) is 11.3. The van der Waals surface area contributed by atoms with Crippen molar-refractivity contribution in [2.24, 2.45) is 0 Å². The molecule has 0 aliphatic rings. The quantitative estimate of drug-likeness (QED) is 0.162. The molecule has 0 spiro atoms. The van der Waals surface area contributed by atoms with Gasteiger partial charge in [0, 0.05) is 38.5 Å². The zero-order valence-electron chi connectivity index (χ0n) is 30.7. The number of hydrogen-bond acceptors (Lipinski definition) is 0. The van der Waals surface area contributed by atoms with E-state index < -0.39 is 0 Å². The Balaban J connectivity index is 1.07. The molecular formula is C54H36N2. The monoisotopic (exact) mass is 712 g/mol. The van der Waals surface area contributed by atoms with Crippen molar-refractivity contribution in [1.82, 2.24) is 9.13 Å². The standard InChI is InChI=1S/C54H36N2/c1-4-14-37(15-5-1)39-26-30-45(31-27-39)55-51-25-11-10-22-47(51)49-35-41(28-32-52(49)55)42-29-33-53-50(36-42)48-24-13-23-46(54(48)56(53)44-20-8-3-9-21-44)43-19-12-18-40(34-43)38-16-6-2-7-17-38/h1-36H. The molecule has 2 aromatic heterocycles. The van der Waals surface area contributed by atoms with Crippen LogP contribution in [0, 0.1) is 0 Å². The van der Waals surface area contributed by atoms with E-state index in [2.05, 4.69) is 228 Å². The number of benzene rings is 9. The van der Waals surface area contributed by atoms with Crippen molar-refractivity contribution < 1.29 is 0 Å². The first-order valence-electron chi connectivity index (χ1n) is 19.3. The molecule has 0 amide bonds. The maximum Gasteiger partial charge on any atom is 0.0619 e. The Bertz CT molecular complexity index is 3210. The Hall–Kier alpha value is -7.42. The Kier molecular flexibility index (Phi) is 7.53. The molecule has 0 unspecified atom stereocenters. The maximum atomic E-state index is 2.44. The lowest BCUT2D eigenvalue weighted by molar-refractivity contribution is 1.18. The minimum Gasteiger partial charge on any atom is -0.309 e. The van der Waals surface area contributed by atoms with Gasteiger partial charge in [0.25, 0.3) is 0 Å². The van der Waals surface area contributed by atoms with Gasteiger partial charge in [0.1, 0.15) is 0 Å². The summed E-state index contributed by atoms with van der Waals surface area (Å²) in [7, 11) is 0. The van der Waals surface area contributed by atoms with Crippen molar-refractivity contribution >= 4 is 43.6 Å².